The van der Waals surface area contributed by atoms with Crippen molar-refractivity contribution in [2.75, 3.05) is 51.7 Å². The van der Waals surface area contributed by atoms with Crippen LogP contribution in [0.15, 0.2) is 78.9 Å². The molecule has 1 aliphatic rings. The molecule has 0 spiro atoms. The maximum atomic E-state index is 13.5. The molecule has 3 aromatic rings. The van der Waals surface area contributed by atoms with E-state index in [0.29, 0.717) is 0 Å². The molecule has 0 radical (unpaired) electrons. The van der Waals surface area contributed by atoms with Crippen molar-refractivity contribution in [3.05, 3.63) is 107 Å². The van der Waals surface area contributed by atoms with E-state index in [9.17, 15) is 8.78 Å². The van der Waals surface area contributed by atoms with Gasteiger partial charge < -0.3 is 4.90 Å². The van der Waals surface area contributed by atoms with Gasteiger partial charge in [-0.15, -0.1) is 0 Å². The van der Waals surface area contributed by atoms with E-state index in [-0.39, 0.29) is 17.7 Å². The van der Waals surface area contributed by atoms with Crippen LogP contribution in [0, 0.1) is 11.6 Å². The first kappa shape index (κ1) is 23.1. The second kappa shape index (κ2) is 10.7. The molecule has 0 aliphatic carbocycles. The fraction of sp³-hybridized carbons (Fsp3) is 0.286. The normalized spacial score (nSPS) is 15.4. The van der Waals surface area contributed by atoms with E-state index in [2.05, 4.69) is 51.1 Å². The fourth-order valence-corrected chi connectivity index (χ4v) is 4.33. The minimum atomic E-state index is -0.246. The van der Waals surface area contributed by atoms with E-state index in [0.717, 1.165) is 43.9 Å². The van der Waals surface area contributed by atoms with E-state index in [1.807, 2.05) is 38.4 Å². The number of rotatable bonds is 7. The van der Waals surface area contributed by atoms with Crippen molar-refractivity contribution < 1.29 is 8.78 Å². The molecule has 0 amide bonds. The summed E-state index contributed by atoms with van der Waals surface area (Å²) in [6.45, 7) is 4.59. The summed E-state index contributed by atoms with van der Waals surface area (Å²) in [4.78, 5) is 6.94. The third kappa shape index (κ3) is 6.06. The van der Waals surface area contributed by atoms with Crippen LogP contribution in [-0.2, 0) is 0 Å². The van der Waals surface area contributed by atoms with Crippen LogP contribution >= 0.6 is 0 Å². The predicted octanol–water partition coefficient (Wildman–Crippen LogP) is 5.45. The maximum Gasteiger partial charge on any atom is 0.123 e. The van der Waals surface area contributed by atoms with Crippen molar-refractivity contribution in [3.8, 4) is 0 Å². The Morgan fingerprint density at radius 2 is 1.27 bits per heavy atom. The van der Waals surface area contributed by atoms with Crippen molar-refractivity contribution in [1.29, 1.82) is 0 Å². The van der Waals surface area contributed by atoms with Crippen LogP contribution in [0.4, 0.5) is 14.5 Å². The van der Waals surface area contributed by atoms with Crippen molar-refractivity contribution in [2.45, 2.75) is 6.04 Å². The molecule has 3 aromatic carbocycles. The number of nitrogens with zero attached hydrogens (tertiary/aromatic N) is 3. The summed E-state index contributed by atoms with van der Waals surface area (Å²) in [5.41, 5.74) is 4.45. The van der Waals surface area contributed by atoms with E-state index in [4.69, 9.17) is 0 Å². The summed E-state index contributed by atoms with van der Waals surface area (Å²) in [7, 11) is 4.09. The number of benzene rings is 3. The highest BCUT2D eigenvalue weighted by atomic mass is 19.1. The molecule has 5 heteroatoms. The Morgan fingerprint density at radius 3 is 1.76 bits per heavy atom. The highest BCUT2D eigenvalue weighted by Crippen LogP contribution is 2.30. The van der Waals surface area contributed by atoms with E-state index >= 15 is 0 Å². The molecule has 0 atom stereocenters. The lowest BCUT2D eigenvalue weighted by Crippen LogP contribution is -2.47. The van der Waals surface area contributed by atoms with Crippen molar-refractivity contribution in [1.82, 2.24) is 9.80 Å². The Morgan fingerprint density at radius 1 is 0.758 bits per heavy atom. The van der Waals surface area contributed by atoms with Crippen molar-refractivity contribution in [3.63, 3.8) is 0 Å². The molecule has 1 fully saturated rings. The molecule has 0 bridgehead atoms. The number of anilines is 1. The zero-order valence-corrected chi connectivity index (χ0v) is 19.3. The summed E-state index contributed by atoms with van der Waals surface area (Å²) in [5, 5.41) is 0. The monoisotopic (exact) mass is 447 g/mol. The molecule has 4 rings (SSSR count). The Hall–Kier alpha value is -3.02. The van der Waals surface area contributed by atoms with Crippen LogP contribution < -0.4 is 4.90 Å². The molecule has 33 heavy (non-hydrogen) atoms. The third-order valence-electron chi connectivity index (χ3n) is 6.23. The van der Waals surface area contributed by atoms with Gasteiger partial charge in [0.1, 0.15) is 11.6 Å². The Bertz CT molecular complexity index is 991. The summed E-state index contributed by atoms with van der Waals surface area (Å²) in [6.07, 6.45) is 4.39. The lowest BCUT2D eigenvalue weighted by Gasteiger charge is -2.39. The van der Waals surface area contributed by atoms with Crippen LogP contribution in [-0.4, -0.2) is 56.6 Å². The van der Waals surface area contributed by atoms with Gasteiger partial charge >= 0.3 is 0 Å². The van der Waals surface area contributed by atoms with Gasteiger partial charge in [0.15, 0.2) is 0 Å². The van der Waals surface area contributed by atoms with Gasteiger partial charge in [-0.05, 0) is 53.1 Å². The maximum absolute atomic E-state index is 13.5. The van der Waals surface area contributed by atoms with E-state index in [1.165, 1.54) is 35.5 Å². The zero-order valence-electron chi connectivity index (χ0n) is 19.3. The lowest BCUT2D eigenvalue weighted by atomic mass is 9.96. The van der Waals surface area contributed by atoms with Crippen LogP contribution in [0.1, 0.15) is 22.7 Å². The van der Waals surface area contributed by atoms with Gasteiger partial charge in [-0.2, -0.15) is 0 Å². The summed E-state index contributed by atoms with van der Waals surface area (Å²) >= 11 is 0. The second-order valence-electron chi connectivity index (χ2n) is 8.73. The smallest absolute Gasteiger partial charge is 0.123 e. The lowest BCUT2D eigenvalue weighted by molar-refractivity contribution is 0.118. The SMILES string of the molecule is CN(C)c1ccc(C=CCN2CCN(C(c3ccc(F)cc3)c3ccc(F)cc3)CC2)cc1. The minimum Gasteiger partial charge on any atom is -0.378 e. The van der Waals surface area contributed by atoms with Crippen LogP contribution in [0.3, 0.4) is 0 Å². The second-order valence-corrected chi connectivity index (χ2v) is 8.73. The molecule has 1 heterocycles. The van der Waals surface area contributed by atoms with Gasteiger partial charge in [0.05, 0.1) is 6.04 Å². The molecule has 0 N–H and O–H groups in total. The average molecular weight is 448 g/mol. The molecular weight excluding hydrogens is 416 g/mol. The van der Waals surface area contributed by atoms with Gasteiger partial charge in [-0.3, -0.25) is 9.80 Å². The van der Waals surface area contributed by atoms with Crippen LogP contribution in [0.5, 0.6) is 0 Å². The first-order chi connectivity index (χ1) is 16.0. The van der Waals surface area contributed by atoms with Crippen molar-refractivity contribution >= 4 is 11.8 Å². The summed E-state index contributed by atoms with van der Waals surface area (Å²) in [5.74, 6) is -0.492. The Kier molecular flexibility index (Phi) is 7.53. The third-order valence-corrected chi connectivity index (χ3v) is 6.23. The first-order valence-corrected chi connectivity index (χ1v) is 11.4. The molecular formula is C28H31F2N3. The molecule has 0 saturated carbocycles. The van der Waals surface area contributed by atoms with Gasteiger partial charge in [0, 0.05) is 52.5 Å². The number of hydrogen-bond acceptors (Lipinski definition) is 3. The summed E-state index contributed by atoms with van der Waals surface area (Å²) in [6, 6.07) is 21.8. The van der Waals surface area contributed by atoms with Crippen LogP contribution in [0.2, 0.25) is 0 Å². The molecule has 0 unspecified atom stereocenters. The molecule has 1 aliphatic heterocycles. The topological polar surface area (TPSA) is 9.72 Å². The summed E-state index contributed by atoms with van der Waals surface area (Å²) < 4.78 is 27.0. The van der Waals surface area contributed by atoms with Crippen LogP contribution in [0.25, 0.3) is 6.08 Å². The molecule has 0 aromatic heterocycles. The zero-order chi connectivity index (χ0) is 23.2. The fourth-order valence-electron chi connectivity index (χ4n) is 4.33. The predicted molar refractivity (Wildman–Crippen MR) is 132 cm³/mol. The minimum absolute atomic E-state index is 0.0147. The number of halogens is 2. The van der Waals surface area contributed by atoms with Crippen molar-refractivity contribution in [2.24, 2.45) is 0 Å². The number of hydrogen-bond donors (Lipinski definition) is 0. The Labute approximate surface area is 195 Å². The van der Waals surface area contributed by atoms with Gasteiger partial charge in [-0.1, -0.05) is 48.6 Å². The van der Waals surface area contributed by atoms with Gasteiger partial charge in [0.2, 0.25) is 0 Å². The van der Waals surface area contributed by atoms with E-state index in [1.54, 1.807) is 0 Å². The van der Waals surface area contributed by atoms with E-state index < -0.39 is 0 Å². The quantitative estimate of drug-likeness (QED) is 0.477. The largest absolute Gasteiger partial charge is 0.378 e. The molecule has 3 nitrogen and oxygen atoms in total. The van der Waals surface area contributed by atoms with Gasteiger partial charge in [-0.25, -0.2) is 8.78 Å². The molecule has 172 valence electrons. The first-order valence-electron chi connectivity index (χ1n) is 11.4. The highest BCUT2D eigenvalue weighted by molar-refractivity contribution is 5.55. The van der Waals surface area contributed by atoms with Gasteiger partial charge in [0.25, 0.3) is 0 Å². The Balaban J connectivity index is 1.38. The molecule has 1 saturated heterocycles. The average Bonchev–Trinajstić information content (AvgIpc) is 2.83. The standard InChI is InChI=1S/C28H31F2N3/c1-31(2)27-15-5-22(6-16-27)4-3-17-32-18-20-33(21-19-32)28(23-7-11-25(29)12-8-23)24-9-13-26(30)14-10-24/h3-16,28H,17-21H2,1-2H3. The number of piperazine rings is 1. The highest BCUT2D eigenvalue weighted by Gasteiger charge is 2.26.